The summed E-state index contributed by atoms with van der Waals surface area (Å²) in [7, 11) is -1.09. The molecule has 0 bridgehead atoms. The molecule has 1 aromatic carbocycles. The van der Waals surface area contributed by atoms with Gasteiger partial charge in [0, 0.05) is 0 Å². The summed E-state index contributed by atoms with van der Waals surface area (Å²) in [5.41, 5.74) is 0.837. The minimum absolute atomic E-state index is 0.154. The van der Waals surface area contributed by atoms with Crippen LogP contribution in [-0.4, -0.2) is 20.5 Å². The van der Waals surface area contributed by atoms with E-state index in [-0.39, 0.29) is 11.7 Å². The highest BCUT2D eigenvalue weighted by Crippen LogP contribution is 2.08. The molecule has 1 atom stereocenters. The van der Waals surface area contributed by atoms with Crippen molar-refractivity contribution in [2.45, 2.75) is 18.8 Å². The third-order valence-electron chi connectivity index (χ3n) is 2.38. The average molecular weight is 245 g/mol. The molecule has 0 heterocycles. The van der Waals surface area contributed by atoms with Gasteiger partial charge in [0.2, 0.25) is 0 Å². The smallest absolute Gasteiger partial charge is 0.338 e. The van der Waals surface area contributed by atoms with Crippen LogP contribution >= 0.6 is 0 Å². The van der Waals surface area contributed by atoms with Gasteiger partial charge in [-0.05, 0) is 24.3 Å². The highest BCUT2D eigenvalue weighted by molar-refractivity contribution is 6.58. The summed E-state index contributed by atoms with van der Waals surface area (Å²) in [6.45, 7) is 7.86. The Morgan fingerprint density at radius 3 is 2.47 bits per heavy atom. The van der Waals surface area contributed by atoms with Crippen LogP contribution in [0.1, 0.15) is 15.9 Å². The summed E-state index contributed by atoms with van der Waals surface area (Å²) in [5.74, 6) is -0.361. The van der Waals surface area contributed by atoms with Crippen molar-refractivity contribution in [2.24, 2.45) is 0 Å². The molecule has 3 nitrogen and oxygen atoms in total. The molecule has 0 saturated carbocycles. The fourth-order valence-corrected chi connectivity index (χ4v) is 2.27. The van der Waals surface area contributed by atoms with E-state index in [1.807, 2.05) is 6.07 Å². The second-order valence-electron chi connectivity index (χ2n) is 4.04. The summed E-state index contributed by atoms with van der Waals surface area (Å²) in [6.07, 6.45) is 1.68. The van der Waals surface area contributed by atoms with Gasteiger partial charge < -0.3 is 4.74 Å². The van der Waals surface area contributed by atoms with Crippen molar-refractivity contribution in [3.05, 3.63) is 48.0 Å². The number of ether oxygens (including phenoxy) is 1. The van der Waals surface area contributed by atoms with Crippen LogP contribution < -0.4 is 0 Å². The lowest BCUT2D eigenvalue weighted by molar-refractivity contribution is 0.0495. The Kier molecular flexibility index (Phi) is 4.67. The average Bonchev–Trinajstić information content (AvgIpc) is 2.35. The molecular formula is C13H15NO2Si. The van der Waals surface area contributed by atoms with Gasteiger partial charge in [-0.1, -0.05) is 25.7 Å². The SMILES string of the molecule is C=CC(OC(=O)c1ccc(C#N)cc1)[SiH](C)C. The maximum absolute atomic E-state index is 11.8. The van der Waals surface area contributed by atoms with Gasteiger partial charge in [-0.25, -0.2) is 4.79 Å². The number of hydrogen-bond acceptors (Lipinski definition) is 3. The molecule has 0 aliphatic carbocycles. The Morgan fingerprint density at radius 1 is 1.47 bits per heavy atom. The number of nitriles is 1. The van der Waals surface area contributed by atoms with Gasteiger partial charge in [-0.15, -0.1) is 0 Å². The Bertz CT molecular complexity index is 445. The van der Waals surface area contributed by atoms with Gasteiger partial charge in [-0.2, -0.15) is 5.26 Å². The predicted molar refractivity (Wildman–Crippen MR) is 69.4 cm³/mol. The van der Waals surface area contributed by atoms with Gasteiger partial charge in [-0.3, -0.25) is 0 Å². The molecule has 0 amide bonds. The van der Waals surface area contributed by atoms with Crippen LogP contribution in [0.15, 0.2) is 36.9 Å². The number of carbonyl (C=O) groups is 1. The number of hydrogen-bond donors (Lipinski definition) is 0. The van der Waals surface area contributed by atoms with Gasteiger partial charge in [0.15, 0.2) is 0 Å². The Hall–Kier alpha value is -1.86. The lowest BCUT2D eigenvalue weighted by Crippen LogP contribution is -2.28. The van der Waals surface area contributed by atoms with Crippen LogP contribution in [-0.2, 0) is 4.74 Å². The number of benzene rings is 1. The molecule has 0 aromatic heterocycles. The van der Waals surface area contributed by atoms with E-state index in [1.165, 1.54) is 0 Å². The van der Waals surface area contributed by atoms with Crippen molar-refractivity contribution in [3.8, 4) is 6.07 Å². The second-order valence-corrected chi connectivity index (χ2v) is 7.18. The first kappa shape index (κ1) is 13.2. The molecule has 0 saturated heterocycles. The number of nitrogens with zero attached hydrogens (tertiary/aromatic N) is 1. The predicted octanol–water partition coefficient (Wildman–Crippen LogP) is 2.30. The molecule has 88 valence electrons. The van der Waals surface area contributed by atoms with E-state index < -0.39 is 8.80 Å². The normalized spacial score (nSPS) is 11.6. The van der Waals surface area contributed by atoms with Crippen molar-refractivity contribution in [2.75, 3.05) is 0 Å². The third kappa shape index (κ3) is 3.57. The minimum atomic E-state index is -1.09. The van der Waals surface area contributed by atoms with Crippen LogP contribution in [0.5, 0.6) is 0 Å². The van der Waals surface area contributed by atoms with Gasteiger partial charge in [0.25, 0.3) is 0 Å². The van der Waals surface area contributed by atoms with Crippen LogP contribution in [0, 0.1) is 11.3 Å². The molecule has 17 heavy (non-hydrogen) atoms. The molecule has 0 fully saturated rings. The highest BCUT2D eigenvalue weighted by atomic mass is 28.3. The van der Waals surface area contributed by atoms with Crippen LogP contribution in [0.3, 0.4) is 0 Å². The molecule has 0 aliphatic heterocycles. The van der Waals surface area contributed by atoms with Crippen molar-refractivity contribution in [1.82, 2.24) is 0 Å². The van der Waals surface area contributed by atoms with E-state index >= 15 is 0 Å². The Balaban J connectivity index is 2.76. The van der Waals surface area contributed by atoms with Crippen LogP contribution in [0.2, 0.25) is 13.1 Å². The molecule has 0 aliphatic rings. The number of rotatable bonds is 4. The second kappa shape index (κ2) is 6.02. The number of esters is 1. The third-order valence-corrected chi connectivity index (χ3v) is 4.10. The monoisotopic (exact) mass is 245 g/mol. The van der Waals surface area contributed by atoms with E-state index in [4.69, 9.17) is 10.00 Å². The van der Waals surface area contributed by atoms with E-state index in [9.17, 15) is 4.79 Å². The zero-order chi connectivity index (χ0) is 12.8. The Labute approximate surface area is 103 Å². The summed E-state index contributed by atoms with van der Waals surface area (Å²) in [6, 6.07) is 8.41. The Morgan fingerprint density at radius 2 is 2.06 bits per heavy atom. The fourth-order valence-electron chi connectivity index (χ4n) is 1.33. The molecule has 1 aromatic rings. The van der Waals surface area contributed by atoms with Gasteiger partial charge in [0.1, 0.15) is 5.73 Å². The summed E-state index contributed by atoms with van der Waals surface area (Å²) in [5, 5.41) is 8.65. The van der Waals surface area contributed by atoms with Crippen LogP contribution in [0.25, 0.3) is 0 Å². The standard InChI is InChI=1S/C13H15NO2Si/c1-4-12(17(2)3)16-13(15)11-7-5-10(9-14)6-8-11/h4-8,12,17H,1H2,2-3H3. The van der Waals surface area contributed by atoms with Crippen molar-refractivity contribution >= 4 is 14.8 Å². The van der Waals surface area contributed by atoms with E-state index in [0.717, 1.165) is 0 Å². The van der Waals surface area contributed by atoms with Crippen molar-refractivity contribution in [3.63, 3.8) is 0 Å². The lowest BCUT2D eigenvalue weighted by Gasteiger charge is -2.16. The van der Waals surface area contributed by atoms with Crippen LogP contribution in [0.4, 0.5) is 0 Å². The lowest BCUT2D eigenvalue weighted by atomic mass is 10.1. The maximum Gasteiger partial charge on any atom is 0.338 e. The van der Waals surface area contributed by atoms with Gasteiger partial charge >= 0.3 is 5.97 Å². The first-order chi connectivity index (χ1) is 8.08. The largest absolute Gasteiger partial charge is 0.459 e. The molecule has 4 heteroatoms. The van der Waals surface area contributed by atoms with E-state index in [2.05, 4.69) is 19.7 Å². The van der Waals surface area contributed by atoms with Crippen molar-refractivity contribution < 1.29 is 9.53 Å². The fraction of sp³-hybridized carbons (Fsp3) is 0.231. The minimum Gasteiger partial charge on any atom is -0.459 e. The molecule has 0 N–H and O–H groups in total. The maximum atomic E-state index is 11.8. The zero-order valence-electron chi connectivity index (χ0n) is 10.0. The molecule has 1 rings (SSSR count). The molecular weight excluding hydrogens is 230 g/mol. The molecule has 1 unspecified atom stereocenters. The first-order valence-corrected chi connectivity index (χ1v) is 8.39. The van der Waals surface area contributed by atoms with E-state index in [0.29, 0.717) is 11.1 Å². The summed E-state index contributed by atoms with van der Waals surface area (Å²) < 4.78 is 5.34. The topological polar surface area (TPSA) is 50.1 Å². The summed E-state index contributed by atoms with van der Waals surface area (Å²) >= 11 is 0. The number of carbonyl (C=O) groups excluding carboxylic acids is 1. The highest BCUT2D eigenvalue weighted by Gasteiger charge is 2.16. The molecule has 0 radical (unpaired) electrons. The quantitative estimate of drug-likeness (QED) is 0.464. The van der Waals surface area contributed by atoms with Gasteiger partial charge in [0.05, 0.1) is 26.0 Å². The van der Waals surface area contributed by atoms with Crippen molar-refractivity contribution in [1.29, 1.82) is 5.26 Å². The first-order valence-electron chi connectivity index (χ1n) is 5.42. The van der Waals surface area contributed by atoms with E-state index in [1.54, 1.807) is 30.3 Å². The zero-order valence-corrected chi connectivity index (χ0v) is 11.2. The summed E-state index contributed by atoms with van der Waals surface area (Å²) in [4.78, 5) is 11.8. The molecule has 0 spiro atoms.